The van der Waals surface area contributed by atoms with Gasteiger partial charge in [-0.15, -0.1) is 0 Å². The Bertz CT molecular complexity index is 639. The molecule has 0 saturated heterocycles. The molecule has 2 nitrogen and oxygen atoms in total. The largest absolute Gasteiger partial charge is 0.356 e. The zero-order valence-corrected chi connectivity index (χ0v) is 14.0. The van der Waals surface area contributed by atoms with Crippen molar-refractivity contribution in [3.05, 3.63) is 65.7 Å². The summed E-state index contributed by atoms with van der Waals surface area (Å²) in [6.45, 7) is 4.23. The number of hydrogen-bond acceptors (Lipinski definition) is 1. The number of thiocarbonyl (C=S) groups is 1. The lowest BCUT2D eigenvalue weighted by Gasteiger charge is -2.23. The molecule has 0 aliphatic rings. The molecule has 1 atom stereocenters. The lowest BCUT2D eigenvalue weighted by Crippen LogP contribution is -2.33. The van der Waals surface area contributed by atoms with Gasteiger partial charge in [0.05, 0.1) is 6.04 Å². The Labute approximate surface area is 140 Å². The van der Waals surface area contributed by atoms with E-state index >= 15 is 0 Å². The van der Waals surface area contributed by atoms with Crippen LogP contribution in [0.25, 0.3) is 0 Å². The van der Waals surface area contributed by atoms with Crippen molar-refractivity contribution in [3.8, 4) is 0 Å². The molecule has 2 N–H and O–H groups in total. The smallest absolute Gasteiger partial charge is 0.171 e. The highest BCUT2D eigenvalue weighted by atomic mass is 32.1. The molecule has 0 spiro atoms. The second-order valence-electron chi connectivity index (χ2n) is 5.79. The summed E-state index contributed by atoms with van der Waals surface area (Å²) in [5.74, 6) is -0.899. The first-order chi connectivity index (χ1) is 11.0. The van der Waals surface area contributed by atoms with Crippen LogP contribution in [-0.2, 0) is 0 Å². The predicted molar refractivity (Wildman–Crippen MR) is 94.4 cm³/mol. The molecule has 0 bridgehead atoms. The number of para-hydroxylation sites is 1. The number of nitrogens with one attached hydrogen (secondary N) is 2. The van der Waals surface area contributed by atoms with Crippen LogP contribution in [0.3, 0.4) is 0 Å². The van der Waals surface area contributed by atoms with E-state index in [9.17, 15) is 8.78 Å². The third kappa shape index (κ3) is 4.99. The molecular formula is C18H20F2N2S. The number of hydrogen-bond donors (Lipinski definition) is 2. The summed E-state index contributed by atoms with van der Waals surface area (Å²) in [4.78, 5) is 0. The highest BCUT2D eigenvalue weighted by Crippen LogP contribution is 2.22. The maximum absolute atomic E-state index is 13.7. The van der Waals surface area contributed by atoms with Crippen LogP contribution in [0.1, 0.15) is 31.9 Å². The summed E-state index contributed by atoms with van der Waals surface area (Å²) in [5, 5.41) is 5.97. The van der Waals surface area contributed by atoms with Crippen LogP contribution in [0.4, 0.5) is 14.5 Å². The van der Waals surface area contributed by atoms with Crippen molar-refractivity contribution >= 4 is 23.0 Å². The van der Waals surface area contributed by atoms with Crippen LogP contribution < -0.4 is 10.6 Å². The molecule has 2 aromatic rings. The van der Waals surface area contributed by atoms with E-state index in [0.717, 1.165) is 12.0 Å². The summed E-state index contributed by atoms with van der Waals surface area (Å²) in [6, 6.07) is 13.5. The molecule has 2 aromatic carbocycles. The summed E-state index contributed by atoms with van der Waals surface area (Å²) in [5.41, 5.74) is 0.848. The van der Waals surface area contributed by atoms with Gasteiger partial charge in [-0.3, -0.25) is 0 Å². The predicted octanol–water partition coefficient (Wildman–Crippen LogP) is 5.04. The molecule has 0 aliphatic heterocycles. The van der Waals surface area contributed by atoms with E-state index in [1.165, 1.54) is 18.2 Å². The quantitative estimate of drug-likeness (QED) is 0.749. The van der Waals surface area contributed by atoms with Gasteiger partial charge in [-0.1, -0.05) is 50.2 Å². The molecule has 0 radical (unpaired) electrons. The maximum atomic E-state index is 13.7. The fourth-order valence-electron chi connectivity index (χ4n) is 2.36. The molecule has 0 saturated carbocycles. The summed E-state index contributed by atoms with van der Waals surface area (Å²) in [7, 11) is 0. The van der Waals surface area contributed by atoms with Gasteiger partial charge in [-0.05, 0) is 42.3 Å². The van der Waals surface area contributed by atoms with Crippen molar-refractivity contribution in [1.29, 1.82) is 0 Å². The Morgan fingerprint density at radius 2 is 1.61 bits per heavy atom. The van der Waals surface area contributed by atoms with Crippen LogP contribution in [-0.4, -0.2) is 5.11 Å². The van der Waals surface area contributed by atoms with Crippen molar-refractivity contribution in [2.75, 3.05) is 5.32 Å². The second kappa shape index (κ2) is 8.02. The Morgan fingerprint density at radius 3 is 2.17 bits per heavy atom. The zero-order valence-electron chi connectivity index (χ0n) is 13.1. The Morgan fingerprint density at radius 1 is 1.00 bits per heavy atom. The van der Waals surface area contributed by atoms with Crippen LogP contribution in [0.2, 0.25) is 0 Å². The highest BCUT2D eigenvalue weighted by molar-refractivity contribution is 7.80. The van der Waals surface area contributed by atoms with Gasteiger partial charge < -0.3 is 10.6 Å². The highest BCUT2D eigenvalue weighted by Gasteiger charge is 2.16. The van der Waals surface area contributed by atoms with Crippen LogP contribution in [0.5, 0.6) is 0 Å². The monoisotopic (exact) mass is 334 g/mol. The molecular weight excluding hydrogens is 314 g/mol. The first-order valence-corrected chi connectivity index (χ1v) is 7.94. The normalized spacial score (nSPS) is 12.0. The van der Waals surface area contributed by atoms with E-state index < -0.39 is 11.6 Å². The van der Waals surface area contributed by atoms with Crippen molar-refractivity contribution in [1.82, 2.24) is 5.32 Å². The van der Waals surface area contributed by atoms with Crippen molar-refractivity contribution in [2.24, 2.45) is 5.92 Å². The molecule has 0 aromatic heterocycles. The molecule has 0 heterocycles. The van der Waals surface area contributed by atoms with Gasteiger partial charge in [-0.2, -0.15) is 0 Å². The minimum atomic E-state index is -0.672. The van der Waals surface area contributed by atoms with Crippen LogP contribution >= 0.6 is 12.2 Å². The second-order valence-corrected chi connectivity index (χ2v) is 6.20. The molecule has 0 aliphatic carbocycles. The van der Waals surface area contributed by atoms with E-state index in [0.29, 0.717) is 5.92 Å². The van der Waals surface area contributed by atoms with Crippen LogP contribution in [0.15, 0.2) is 48.5 Å². The number of benzene rings is 2. The standard InChI is InChI=1S/C18H20F2N2S/c1-12(2)11-16(13-7-4-3-5-8-13)21-18(23)22-17-14(19)9-6-10-15(17)20/h3-10,12,16H,11H2,1-2H3,(H2,21,22,23)/t16-/m1/s1. The molecule has 122 valence electrons. The minimum Gasteiger partial charge on any atom is -0.356 e. The average molecular weight is 334 g/mol. The fraction of sp³-hybridized carbons (Fsp3) is 0.278. The maximum Gasteiger partial charge on any atom is 0.171 e. The molecule has 0 fully saturated rings. The molecule has 23 heavy (non-hydrogen) atoms. The van der Waals surface area contributed by atoms with Gasteiger partial charge >= 0.3 is 0 Å². The van der Waals surface area contributed by atoms with E-state index in [-0.39, 0.29) is 16.8 Å². The first kappa shape index (κ1) is 17.3. The molecule has 0 amide bonds. The Balaban J connectivity index is 2.12. The van der Waals surface area contributed by atoms with E-state index in [4.69, 9.17) is 12.2 Å². The van der Waals surface area contributed by atoms with E-state index in [1.54, 1.807) is 0 Å². The SMILES string of the molecule is CC(C)C[C@@H](NC(=S)Nc1c(F)cccc1F)c1ccccc1. The summed E-state index contributed by atoms with van der Waals surface area (Å²) < 4.78 is 27.4. The summed E-state index contributed by atoms with van der Waals surface area (Å²) in [6.07, 6.45) is 0.853. The molecule has 0 unspecified atom stereocenters. The first-order valence-electron chi connectivity index (χ1n) is 7.54. The number of anilines is 1. The van der Waals surface area contributed by atoms with Gasteiger partial charge in [0.2, 0.25) is 0 Å². The van der Waals surface area contributed by atoms with Crippen LogP contribution in [0, 0.1) is 17.6 Å². The topological polar surface area (TPSA) is 24.1 Å². The van der Waals surface area contributed by atoms with Gasteiger partial charge in [-0.25, -0.2) is 8.78 Å². The lowest BCUT2D eigenvalue weighted by atomic mass is 9.97. The van der Waals surface area contributed by atoms with Gasteiger partial charge in [0.15, 0.2) is 5.11 Å². The third-order valence-corrected chi connectivity index (χ3v) is 3.64. The van der Waals surface area contributed by atoms with E-state index in [2.05, 4.69) is 24.5 Å². The van der Waals surface area contributed by atoms with Crippen molar-refractivity contribution in [3.63, 3.8) is 0 Å². The van der Waals surface area contributed by atoms with E-state index in [1.807, 2.05) is 30.3 Å². The van der Waals surface area contributed by atoms with Crippen molar-refractivity contribution < 1.29 is 8.78 Å². The van der Waals surface area contributed by atoms with Crippen molar-refractivity contribution in [2.45, 2.75) is 26.3 Å². The van der Waals surface area contributed by atoms with Gasteiger partial charge in [0, 0.05) is 0 Å². The third-order valence-electron chi connectivity index (χ3n) is 3.42. The fourth-order valence-corrected chi connectivity index (χ4v) is 2.60. The Kier molecular flexibility index (Phi) is 6.04. The number of halogens is 2. The lowest BCUT2D eigenvalue weighted by molar-refractivity contribution is 0.480. The summed E-state index contributed by atoms with van der Waals surface area (Å²) >= 11 is 5.23. The zero-order chi connectivity index (χ0) is 16.8. The number of rotatable bonds is 5. The molecule has 2 rings (SSSR count). The minimum absolute atomic E-state index is 0.0222. The Hall–Kier alpha value is -2.01. The van der Waals surface area contributed by atoms with Gasteiger partial charge in [0.25, 0.3) is 0 Å². The van der Waals surface area contributed by atoms with Gasteiger partial charge in [0.1, 0.15) is 17.3 Å². The average Bonchev–Trinajstić information content (AvgIpc) is 2.51. The molecule has 5 heteroatoms.